The van der Waals surface area contributed by atoms with Crippen molar-refractivity contribution in [3.63, 3.8) is 0 Å². The molecule has 18 heavy (non-hydrogen) atoms. The Morgan fingerprint density at radius 1 is 1.44 bits per heavy atom. The molecule has 1 heterocycles. The van der Waals surface area contributed by atoms with Crippen molar-refractivity contribution in [1.29, 1.82) is 0 Å². The Bertz CT molecular complexity index is 415. The van der Waals surface area contributed by atoms with Crippen molar-refractivity contribution in [3.05, 3.63) is 15.9 Å². The van der Waals surface area contributed by atoms with Crippen LogP contribution in [0.1, 0.15) is 50.5 Å². The lowest BCUT2D eigenvalue weighted by Crippen LogP contribution is -2.32. The number of nitrogens with one attached hydrogen (secondary N) is 1. The maximum atomic E-state index is 12.0. The van der Waals surface area contributed by atoms with Crippen LogP contribution < -0.4 is 5.32 Å². The molecule has 0 fully saturated rings. The van der Waals surface area contributed by atoms with Crippen molar-refractivity contribution in [2.75, 3.05) is 6.54 Å². The highest BCUT2D eigenvalue weighted by Crippen LogP contribution is 2.22. The van der Waals surface area contributed by atoms with Crippen molar-refractivity contribution in [2.45, 2.75) is 53.0 Å². The number of hydrogen-bond donors (Lipinski definition) is 1. The van der Waals surface area contributed by atoms with Gasteiger partial charge in [0.15, 0.2) is 0 Å². The summed E-state index contributed by atoms with van der Waals surface area (Å²) in [6.07, 6.45) is 3.35. The molecule has 102 valence electrons. The van der Waals surface area contributed by atoms with E-state index in [0.717, 1.165) is 41.7 Å². The molecule has 0 aliphatic carbocycles. The highest BCUT2D eigenvalue weighted by molar-refractivity contribution is 9.10. The lowest BCUT2D eigenvalue weighted by Gasteiger charge is -2.14. The van der Waals surface area contributed by atoms with E-state index in [9.17, 15) is 4.79 Å². The summed E-state index contributed by atoms with van der Waals surface area (Å²) in [6.45, 7) is 8.67. The van der Waals surface area contributed by atoms with Crippen LogP contribution in [0.3, 0.4) is 0 Å². The second-order valence-electron chi connectivity index (χ2n) is 4.60. The highest BCUT2D eigenvalue weighted by atomic mass is 79.9. The van der Waals surface area contributed by atoms with Crippen molar-refractivity contribution >= 4 is 21.8 Å². The zero-order valence-electron chi connectivity index (χ0n) is 11.6. The van der Waals surface area contributed by atoms with E-state index in [1.165, 1.54) is 0 Å². The number of aryl methyl sites for hydroxylation is 1. The van der Waals surface area contributed by atoms with Gasteiger partial charge in [0.05, 0.1) is 15.9 Å². The second-order valence-corrected chi connectivity index (χ2v) is 5.40. The number of carbonyl (C=O) groups excluding carboxylic acids is 1. The summed E-state index contributed by atoms with van der Waals surface area (Å²) in [6, 6.07) is -0.267. The number of hydrogen-bond acceptors (Lipinski definition) is 2. The third kappa shape index (κ3) is 3.57. The maximum absolute atomic E-state index is 12.0. The van der Waals surface area contributed by atoms with Gasteiger partial charge in [0.25, 0.3) is 0 Å². The smallest absolute Gasteiger partial charge is 0.244 e. The first-order chi connectivity index (χ1) is 8.49. The summed E-state index contributed by atoms with van der Waals surface area (Å²) in [5.41, 5.74) is 1.90. The molecule has 1 atom stereocenters. The lowest BCUT2D eigenvalue weighted by molar-refractivity contribution is -0.124. The second kappa shape index (κ2) is 6.92. The van der Waals surface area contributed by atoms with E-state index in [1.54, 1.807) is 4.68 Å². The summed E-state index contributed by atoms with van der Waals surface area (Å²) in [7, 11) is 0. The van der Waals surface area contributed by atoms with Gasteiger partial charge in [-0.3, -0.25) is 9.48 Å². The van der Waals surface area contributed by atoms with E-state index < -0.39 is 0 Å². The number of unbranched alkanes of at least 4 members (excludes halogenated alkanes) is 2. The zero-order valence-corrected chi connectivity index (χ0v) is 13.2. The minimum Gasteiger partial charge on any atom is -0.354 e. The third-order valence-electron chi connectivity index (χ3n) is 3.06. The number of halogens is 1. The summed E-state index contributed by atoms with van der Waals surface area (Å²) in [5, 5.41) is 7.34. The van der Waals surface area contributed by atoms with E-state index >= 15 is 0 Å². The molecule has 0 bridgehead atoms. The van der Waals surface area contributed by atoms with Gasteiger partial charge in [0, 0.05) is 6.54 Å². The van der Waals surface area contributed by atoms with E-state index in [2.05, 4.69) is 33.3 Å². The van der Waals surface area contributed by atoms with E-state index in [-0.39, 0.29) is 11.9 Å². The molecule has 0 aromatic carbocycles. The molecule has 0 spiro atoms. The first kappa shape index (κ1) is 15.2. The van der Waals surface area contributed by atoms with E-state index in [1.807, 2.05) is 20.8 Å². The average molecular weight is 316 g/mol. The van der Waals surface area contributed by atoms with E-state index in [4.69, 9.17) is 0 Å². The van der Waals surface area contributed by atoms with Gasteiger partial charge < -0.3 is 5.32 Å². The molecule has 1 unspecified atom stereocenters. The summed E-state index contributed by atoms with van der Waals surface area (Å²) in [5.74, 6) is 0.0317. The molecule has 1 amide bonds. The molecule has 0 saturated carbocycles. The molecule has 0 aliphatic rings. The van der Waals surface area contributed by atoms with Crippen molar-refractivity contribution < 1.29 is 4.79 Å². The molecule has 1 aromatic heterocycles. The van der Waals surface area contributed by atoms with Crippen LogP contribution >= 0.6 is 15.9 Å². The fourth-order valence-corrected chi connectivity index (χ4v) is 2.13. The van der Waals surface area contributed by atoms with Crippen LogP contribution in [0.4, 0.5) is 0 Å². The predicted octanol–water partition coefficient (Wildman–Crippen LogP) is 3.13. The minimum absolute atomic E-state index is 0.0317. The minimum atomic E-state index is -0.267. The van der Waals surface area contributed by atoms with Crippen LogP contribution in [0.15, 0.2) is 4.47 Å². The van der Waals surface area contributed by atoms with Gasteiger partial charge in [0.1, 0.15) is 6.04 Å². The standard InChI is InChI=1S/C13H22BrN3O/c1-5-6-7-8-15-13(18)11(4)17-10(3)12(14)9(2)16-17/h11H,5-8H2,1-4H3,(H,15,18). The summed E-state index contributed by atoms with van der Waals surface area (Å²) in [4.78, 5) is 12.0. The molecule has 0 aliphatic heterocycles. The summed E-state index contributed by atoms with van der Waals surface area (Å²) >= 11 is 3.48. The molecule has 1 aromatic rings. The molecule has 5 heteroatoms. The maximum Gasteiger partial charge on any atom is 0.244 e. The molecular weight excluding hydrogens is 294 g/mol. The van der Waals surface area contributed by atoms with Gasteiger partial charge >= 0.3 is 0 Å². The third-order valence-corrected chi connectivity index (χ3v) is 4.21. The van der Waals surface area contributed by atoms with Crippen LogP contribution in [0.5, 0.6) is 0 Å². The number of carbonyl (C=O) groups is 1. The predicted molar refractivity (Wildman–Crippen MR) is 76.6 cm³/mol. The van der Waals surface area contributed by atoms with Crippen molar-refractivity contribution in [2.24, 2.45) is 0 Å². The fourth-order valence-electron chi connectivity index (χ4n) is 1.87. The molecule has 1 rings (SSSR count). The molecule has 0 radical (unpaired) electrons. The number of rotatable bonds is 6. The van der Waals surface area contributed by atoms with Gasteiger partial charge in [-0.25, -0.2) is 0 Å². The van der Waals surface area contributed by atoms with Gasteiger partial charge in [-0.05, 0) is 43.1 Å². The quantitative estimate of drug-likeness (QED) is 0.820. The van der Waals surface area contributed by atoms with Crippen LogP contribution in [0, 0.1) is 13.8 Å². The number of amides is 1. The molecule has 0 saturated heterocycles. The largest absolute Gasteiger partial charge is 0.354 e. The van der Waals surface area contributed by atoms with Crippen LogP contribution in [-0.4, -0.2) is 22.2 Å². The average Bonchev–Trinajstić information content (AvgIpc) is 2.61. The zero-order chi connectivity index (χ0) is 13.7. The number of aromatic nitrogens is 2. The Kier molecular flexibility index (Phi) is 5.85. The van der Waals surface area contributed by atoms with Gasteiger partial charge in [-0.1, -0.05) is 19.8 Å². The Hall–Kier alpha value is -0.840. The SMILES string of the molecule is CCCCCNC(=O)C(C)n1nc(C)c(Br)c1C. The molecular formula is C13H22BrN3O. The lowest BCUT2D eigenvalue weighted by atomic mass is 10.2. The topological polar surface area (TPSA) is 46.9 Å². The van der Waals surface area contributed by atoms with Crippen LogP contribution in [-0.2, 0) is 4.79 Å². The van der Waals surface area contributed by atoms with Crippen molar-refractivity contribution in [3.8, 4) is 0 Å². The molecule has 1 N–H and O–H groups in total. The van der Waals surface area contributed by atoms with Gasteiger partial charge in [-0.15, -0.1) is 0 Å². The molecule has 4 nitrogen and oxygen atoms in total. The first-order valence-corrected chi connectivity index (χ1v) is 7.27. The van der Waals surface area contributed by atoms with E-state index in [0.29, 0.717) is 0 Å². The van der Waals surface area contributed by atoms with Crippen LogP contribution in [0.25, 0.3) is 0 Å². The fraction of sp³-hybridized carbons (Fsp3) is 0.692. The van der Waals surface area contributed by atoms with Gasteiger partial charge in [-0.2, -0.15) is 5.10 Å². The Labute approximate surface area is 117 Å². The Morgan fingerprint density at radius 3 is 2.61 bits per heavy atom. The highest BCUT2D eigenvalue weighted by Gasteiger charge is 2.19. The normalized spacial score (nSPS) is 12.5. The van der Waals surface area contributed by atoms with Gasteiger partial charge in [0.2, 0.25) is 5.91 Å². The summed E-state index contributed by atoms with van der Waals surface area (Å²) < 4.78 is 2.75. The van der Waals surface area contributed by atoms with Crippen LogP contribution in [0.2, 0.25) is 0 Å². The Balaban J connectivity index is 2.60. The van der Waals surface area contributed by atoms with Crippen molar-refractivity contribution in [1.82, 2.24) is 15.1 Å². The first-order valence-electron chi connectivity index (χ1n) is 6.48. The Morgan fingerprint density at radius 2 is 2.11 bits per heavy atom. The number of nitrogens with zero attached hydrogens (tertiary/aromatic N) is 2. The monoisotopic (exact) mass is 315 g/mol.